The van der Waals surface area contributed by atoms with Crippen LogP contribution in [0.4, 0.5) is 0 Å². The first-order valence-corrected chi connectivity index (χ1v) is 7.43. The highest BCUT2D eigenvalue weighted by Gasteiger charge is 2.14. The molecule has 4 rings (SSSR count). The van der Waals surface area contributed by atoms with Crippen LogP contribution in [-0.2, 0) is 0 Å². The first-order chi connectivity index (χ1) is 10.4. The van der Waals surface area contributed by atoms with Crippen molar-refractivity contribution in [2.75, 3.05) is 0 Å². The molecule has 4 nitrogen and oxygen atoms in total. The second kappa shape index (κ2) is 5.03. The molecule has 21 heavy (non-hydrogen) atoms. The molecule has 0 aliphatic rings. The van der Waals surface area contributed by atoms with Crippen LogP contribution in [0.15, 0.2) is 59.6 Å². The highest BCUT2D eigenvalue weighted by molar-refractivity contribution is 7.09. The van der Waals surface area contributed by atoms with Gasteiger partial charge < -0.3 is 0 Å². The van der Waals surface area contributed by atoms with Crippen molar-refractivity contribution >= 4 is 22.4 Å². The molecule has 4 aromatic heterocycles. The molecule has 0 spiro atoms. The van der Waals surface area contributed by atoms with E-state index in [1.807, 2.05) is 47.2 Å². The standard InChI is InChI=1S/C16H10N4S/c1-3-7-17-11(5-1)15-16(12-6-2-4-8-18-12)20-14-10-21-9-13(14)19-15/h1-10H. The minimum absolute atomic E-state index is 0.764. The molecule has 4 aromatic rings. The van der Waals surface area contributed by atoms with Gasteiger partial charge in [0, 0.05) is 23.2 Å². The van der Waals surface area contributed by atoms with Gasteiger partial charge in [0.25, 0.3) is 0 Å². The summed E-state index contributed by atoms with van der Waals surface area (Å²) < 4.78 is 0. The summed E-state index contributed by atoms with van der Waals surface area (Å²) in [6.45, 7) is 0. The summed E-state index contributed by atoms with van der Waals surface area (Å²) in [5.41, 5.74) is 4.92. The number of nitrogens with zero attached hydrogens (tertiary/aromatic N) is 4. The molecular weight excluding hydrogens is 280 g/mol. The molecule has 100 valence electrons. The summed E-state index contributed by atoms with van der Waals surface area (Å²) >= 11 is 1.59. The molecule has 0 radical (unpaired) electrons. The molecule has 0 atom stereocenters. The summed E-state index contributed by atoms with van der Waals surface area (Å²) in [4.78, 5) is 18.3. The van der Waals surface area contributed by atoms with Gasteiger partial charge in [-0.3, -0.25) is 9.97 Å². The van der Waals surface area contributed by atoms with Crippen molar-refractivity contribution in [3.8, 4) is 22.8 Å². The molecule has 0 N–H and O–H groups in total. The van der Waals surface area contributed by atoms with Gasteiger partial charge >= 0.3 is 0 Å². The molecule has 0 unspecified atom stereocenters. The molecule has 0 aliphatic heterocycles. The van der Waals surface area contributed by atoms with Gasteiger partial charge in [0.15, 0.2) is 0 Å². The van der Waals surface area contributed by atoms with E-state index in [4.69, 9.17) is 9.97 Å². The van der Waals surface area contributed by atoms with E-state index in [0.29, 0.717) is 0 Å². The summed E-state index contributed by atoms with van der Waals surface area (Å²) in [6.07, 6.45) is 3.52. The van der Waals surface area contributed by atoms with E-state index < -0.39 is 0 Å². The summed E-state index contributed by atoms with van der Waals surface area (Å²) in [5.74, 6) is 0. The third-order valence-corrected chi connectivity index (χ3v) is 3.84. The van der Waals surface area contributed by atoms with Crippen molar-refractivity contribution in [1.29, 1.82) is 0 Å². The lowest BCUT2D eigenvalue weighted by Gasteiger charge is -2.07. The SMILES string of the molecule is c1ccc(-c2nc3cscc3nc2-c2ccccn2)nc1. The van der Waals surface area contributed by atoms with Crippen LogP contribution in [0.5, 0.6) is 0 Å². The normalized spacial score (nSPS) is 10.9. The number of fused-ring (bicyclic) bond motifs is 1. The summed E-state index contributed by atoms with van der Waals surface area (Å²) in [7, 11) is 0. The van der Waals surface area contributed by atoms with Crippen LogP contribution in [0.3, 0.4) is 0 Å². The lowest BCUT2D eigenvalue weighted by molar-refractivity contribution is 1.21. The maximum absolute atomic E-state index is 4.73. The summed E-state index contributed by atoms with van der Waals surface area (Å²) in [5, 5.41) is 3.99. The molecule has 0 aliphatic carbocycles. The van der Waals surface area contributed by atoms with Crippen LogP contribution in [0.25, 0.3) is 33.8 Å². The van der Waals surface area contributed by atoms with Crippen molar-refractivity contribution in [2.45, 2.75) is 0 Å². The van der Waals surface area contributed by atoms with Gasteiger partial charge in [-0.15, -0.1) is 11.3 Å². The number of rotatable bonds is 2. The van der Waals surface area contributed by atoms with Crippen molar-refractivity contribution in [2.24, 2.45) is 0 Å². The van der Waals surface area contributed by atoms with Gasteiger partial charge in [-0.2, -0.15) is 0 Å². The van der Waals surface area contributed by atoms with E-state index in [1.165, 1.54) is 0 Å². The minimum Gasteiger partial charge on any atom is -0.255 e. The molecular formula is C16H10N4S. The van der Waals surface area contributed by atoms with Crippen LogP contribution in [-0.4, -0.2) is 19.9 Å². The predicted molar refractivity (Wildman–Crippen MR) is 83.9 cm³/mol. The van der Waals surface area contributed by atoms with Crippen LogP contribution < -0.4 is 0 Å². The first-order valence-electron chi connectivity index (χ1n) is 6.48. The molecule has 0 saturated heterocycles. The van der Waals surface area contributed by atoms with Gasteiger partial charge in [-0.1, -0.05) is 12.1 Å². The Morgan fingerprint density at radius 2 is 1.19 bits per heavy atom. The smallest absolute Gasteiger partial charge is 0.117 e. The zero-order valence-electron chi connectivity index (χ0n) is 11.0. The van der Waals surface area contributed by atoms with Crippen LogP contribution in [0.2, 0.25) is 0 Å². The van der Waals surface area contributed by atoms with E-state index in [0.717, 1.165) is 33.8 Å². The van der Waals surface area contributed by atoms with Gasteiger partial charge in [0.1, 0.15) is 22.4 Å². The second-order valence-electron chi connectivity index (χ2n) is 4.49. The Kier molecular flexibility index (Phi) is 2.90. The Bertz CT molecular complexity index is 814. The number of thiophene rings is 1. The largest absolute Gasteiger partial charge is 0.255 e. The van der Waals surface area contributed by atoms with E-state index >= 15 is 0 Å². The summed E-state index contributed by atoms with van der Waals surface area (Å²) in [6, 6.07) is 11.6. The average molecular weight is 290 g/mol. The molecule has 0 amide bonds. The van der Waals surface area contributed by atoms with E-state index in [1.54, 1.807) is 23.7 Å². The fourth-order valence-electron chi connectivity index (χ4n) is 2.16. The average Bonchev–Trinajstić information content (AvgIpc) is 3.03. The van der Waals surface area contributed by atoms with Gasteiger partial charge in [0.2, 0.25) is 0 Å². The van der Waals surface area contributed by atoms with E-state index in [2.05, 4.69) is 9.97 Å². The molecule has 0 bridgehead atoms. The van der Waals surface area contributed by atoms with Gasteiger partial charge in [-0.05, 0) is 24.3 Å². The lowest BCUT2D eigenvalue weighted by atomic mass is 10.1. The lowest BCUT2D eigenvalue weighted by Crippen LogP contribution is -1.96. The Labute approximate surface area is 125 Å². The number of pyridine rings is 2. The van der Waals surface area contributed by atoms with Gasteiger partial charge in [0.05, 0.1) is 11.4 Å². The van der Waals surface area contributed by atoms with Crippen molar-refractivity contribution in [1.82, 2.24) is 19.9 Å². The number of aromatic nitrogens is 4. The van der Waals surface area contributed by atoms with Crippen LogP contribution in [0, 0.1) is 0 Å². The fraction of sp³-hybridized carbons (Fsp3) is 0. The number of hydrogen-bond donors (Lipinski definition) is 0. The zero-order chi connectivity index (χ0) is 14.1. The Balaban J connectivity index is 2.03. The quantitative estimate of drug-likeness (QED) is 0.563. The Hall–Kier alpha value is -2.66. The van der Waals surface area contributed by atoms with Crippen LogP contribution in [0.1, 0.15) is 0 Å². The van der Waals surface area contributed by atoms with E-state index in [9.17, 15) is 0 Å². The molecule has 0 fully saturated rings. The number of hydrogen-bond acceptors (Lipinski definition) is 5. The fourth-order valence-corrected chi connectivity index (χ4v) is 2.83. The predicted octanol–water partition coefficient (Wildman–Crippen LogP) is 3.82. The van der Waals surface area contributed by atoms with Crippen LogP contribution >= 0.6 is 11.3 Å². The zero-order valence-corrected chi connectivity index (χ0v) is 11.8. The van der Waals surface area contributed by atoms with Gasteiger partial charge in [-0.25, -0.2) is 9.97 Å². The topological polar surface area (TPSA) is 51.6 Å². The maximum atomic E-state index is 4.73. The first kappa shape index (κ1) is 12.1. The molecule has 0 saturated carbocycles. The monoisotopic (exact) mass is 290 g/mol. The van der Waals surface area contributed by atoms with Crippen molar-refractivity contribution in [3.05, 3.63) is 59.6 Å². The second-order valence-corrected chi connectivity index (χ2v) is 5.24. The molecule has 0 aromatic carbocycles. The third kappa shape index (κ3) is 2.17. The third-order valence-electron chi connectivity index (χ3n) is 3.13. The molecule has 5 heteroatoms. The van der Waals surface area contributed by atoms with E-state index in [-0.39, 0.29) is 0 Å². The van der Waals surface area contributed by atoms with Crippen molar-refractivity contribution < 1.29 is 0 Å². The van der Waals surface area contributed by atoms with Crippen molar-refractivity contribution in [3.63, 3.8) is 0 Å². The highest BCUT2D eigenvalue weighted by Crippen LogP contribution is 2.29. The minimum atomic E-state index is 0.764. The Morgan fingerprint density at radius 1 is 0.667 bits per heavy atom. The Morgan fingerprint density at radius 3 is 1.62 bits per heavy atom. The highest BCUT2D eigenvalue weighted by atomic mass is 32.1. The maximum Gasteiger partial charge on any atom is 0.117 e. The molecule has 4 heterocycles.